The molecule has 1 aromatic heterocycles. The molecule has 0 saturated carbocycles. The molecule has 0 bridgehead atoms. The number of carbonyl (C=O) groups is 1. The zero-order chi connectivity index (χ0) is 15.5. The van der Waals surface area contributed by atoms with Gasteiger partial charge in [-0.1, -0.05) is 29.3 Å². The number of amides is 1. The van der Waals surface area contributed by atoms with Gasteiger partial charge in [0, 0.05) is 27.2 Å². The van der Waals surface area contributed by atoms with Crippen LogP contribution in [-0.4, -0.2) is 23.9 Å². The third-order valence-corrected chi connectivity index (χ3v) is 5.16. The molecule has 116 valence electrons. The minimum absolute atomic E-state index is 0.104. The van der Waals surface area contributed by atoms with Gasteiger partial charge in [-0.3, -0.25) is 4.79 Å². The van der Waals surface area contributed by atoms with Gasteiger partial charge >= 0.3 is 0 Å². The molecule has 0 unspecified atom stereocenters. The van der Waals surface area contributed by atoms with E-state index in [1.807, 2.05) is 11.0 Å². The largest absolute Gasteiger partial charge is 0.376 e. The number of nitrogens with zero attached hydrogens (tertiary/aromatic N) is 1. The Balaban J connectivity index is 1.64. The van der Waals surface area contributed by atoms with Crippen molar-refractivity contribution in [2.24, 2.45) is 0 Å². The standard InChI is InChI=1S/C16H16Cl2N2OS/c17-11-7-12(18)9-13(8-11)19-10-16(21)20-5-1-3-14(20)15-4-2-6-22-15/h2,4,6-9,14,19H,1,3,5,10H2/t14-/m1/s1. The molecule has 1 atom stereocenters. The highest BCUT2D eigenvalue weighted by atomic mass is 35.5. The fourth-order valence-electron chi connectivity index (χ4n) is 2.78. The van der Waals surface area contributed by atoms with Crippen LogP contribution in [0.15, 0.2) is 35.7 Å². The fourth-order valence-corrected chi connectivity index (χ4v) is 4.18. The number of hydrogen-bond donors (Lipinski definition) is 1. The van der Waals surface area contributed by atoms with Crippen molar-refractivity contribution < 1.29 is 4.79 Å². The monoisotopic (exact) mass is 354 g/mol. The Hall–Kier alpha value is -1.23. The summed E-state index contributed by atoms with van der Waals surface area (Å²) < 4.78 is 0. The van der Waals surface area contributed by atoms with Gasteiger partial charge in [-0.2, -0.15) is 0 Å². The average Bonchev–Trinajstić information content (AvgIpc) is 3.13. The van der Waals surface area contributed by atoms with E-state index in [0.29, 0.717) is 10.0 Å². The third kappa shape index (κ3) is 3.57. The minimum Gasteiger partial charge on any atom is -0.376 e. The van der Waals surface area contributed by atoms with E-state index in [1.165, 1.54) is 4.88 Å². The molecule has 22 heavy (non-hydrogen) atoms. The maximum Gasteiger partial charge on any atom is 0.242 e. The topological polar surface area (TPSA) is 32.3 Å². The van der Waals surface area contributed by atoms with E-state index >= 15 is 0 Å². The average molecular weight is 355 g/mol. The summed E-state index contributed by atoms with van der Waals surface area (Å²) in [5.74, 6) is 0.104. The van der Waals surface area contributed by atoms with Crippen LogP contribution in [0.3, 0.4) is 0 Å². The highest BCUT2D eigenvalue weighted by Crippen LogP contribution is 2.34. The maximum atomic E-state index is 12.5. The van der Waals surface area contributed by atoms with E-state index in [4.69, 9.17) is 23.2 Å². The van der Waals surface area contributed by atoms with E-state index < -0.39 is 0 Å². The fraction of sp³-hybridized carbons (Fsp3) is 0.312. The Morgan fingerprint density at radius 3 is 2.77 bits per heavy atom. The van der Waals surface area contributed by atoms with Crippen LogP contribution in [0.2, 0.25) is 10.0 Å². The first-order valence-electron chi connectivity index (χ1n) is 7.16. The molecule has 1 N–H and O–H groups in total. The SMILES string of the molecule is O=C(CNc1cc(Cl)cc(Cl)c1)N1CCC[C@@H]1c1cccs1. The van der Waals surface area contributed by atoms with Gasteiger partial charge in [-0.25, -0.2) is 0 Å². The summed E-state index contributed by atoms with van der Waals surface area (Å²) in [6.45, 7) is 1.07. The van der Waals surface area contributed by atoms with Crippen LogP contribution in [0.4, 0.5) is 5.69 Å². The summed E-state index contributed by atoms with van der Waals surface area (Å²) in [6.07, 6.45) is 2.09. The molecule has 0 aliphatic carbocycles. The first kappa shape index (κ1) is 15.7. The summed E-state index contributed by atoms with van der Waals surface area (Å²) in [4.78, 5) is 15.7. The van der Waals surface area contributed by atoms with Crippen molar-refractivity contribution in [1.29, 1.82) is 0 Å². The minimum atomic E-state index is 0.104. The van der Waals surface area contributed by atoms with Crippen molar-refractivity contribution in [3.63, 3.8) is 0 Å². The Bertz CT molecular complexity index is 640. The Kier molecular flexibility index (Phi) is 4.91. The number of rotatable bonds is 4. The number of anilines is 1. The lowest BCUT2D eigenvalue weighted by Gasteiger charge is -2.24. The summed E-state index contributed by atoms with van der Waals surface area (Å²) in [5, 5.41) is 6.28. The predicted molar refractivity (Wildman–Crippen MR) is 93.0 cm³/mol. The van der Waals surface area contributed by atoms with Gasteiger partial charge in [-0.15, -0.1) is 11.3 Å². The van der Waals surface area contributed by atoms with Gasteiger partial charge < -0.3 is 10.2 Å². The van der Waals surface area contributed by atoms with E-state index in [2.05, 4.69) is 16.8 Å². The van der Waals surface area contributed by atoms with Crippen LogP contribution in [0.1, 0.15) is 23.8 Å². The van der Waals surface area contributed by atoms with Crippen LogP contribution < -0.4 is 5.32 Å². The lowest BCUT2D eigenvalue weighted by Crippen LogP contribution is -2.34. The molecule has 3 nitrogen and oxygen atoms in total. The molecule has 2 heterocycles. The third-order valence-electron chi connectivity index (χ3n) is 3.75. The van der Waals surface area contributed by atoms with Crippen LogP contribution in [0.25, 0.3) is 0 Å². The number of nitrogens with one attached hydrogen (secondary N) is 1. The first-order chi connectivity index (χ1) is 10.6. The van der Waals surface area contributed by atoms with Gasteiger partial charge in [0.1, 0.15) is 0 Å². The zero-order valence-corrected chi connectivity index (χ0v) is 14.2. The number of thiophene rings is 1. The normalized spacial score (nSPS) is 17.7. The highest BCUT2D eigenvalue weighted by molar-refractivity contribution is 7.10. The molecule has 0 radical (unpaired) electrons. The van der Waals surface area contributed by atoms with Crippen LogP contribution in [-0.2, 0) is 4.79 Å². The van der Waals surface area contributed by atoms with Crippen molar-refractivity contribution in [2.45, 2.75) is 18.9 Å². The number of likely N-dealkylation sites (tertiary alicyclic amines) is 1. The van der Waals surface area contributed by atoms with Gasteiger partial charge in [0.25, 0.3) is 0 Å². The molecule has 1 aromatic carbocycles. The molecule has 3 rings (SSSR count). The predicted octanol–water partition coefficient (Wildman–Crippen LogP) is 4.83. The smallest absolute Gasteiger partial charge is 0.242 e. The van der Waals surface area contributed by atoms with Gasteiger partial charge in [0.15, 0.2) is 0 Å². The molecular weight excluding hydrogens is 339 g/mol. The molecule has 1 aliphatic heterocycles. The molecule has 1 aliphatic rings. The van der Waals surface area contributed by atoms with Crippen molar-refractivity contribution >= 4 is 46.1 Å². The number of halogens is 2. The van der Waals surface area contributed by atoms with E-state index in [1.54, 1.807) is 29.5 Å². The second-order valence-electron chi connectivity index (χ2n) is 5.27. The van der Waals surface area contributed by atoms with Gasteiger partial charge in [-0.05, 0) is 42.5 Å². The van der Waals surface area contributed by atoms with Crippen LogP contribution in [0, 0.1) is 0 Å². The Labute approximate surface area is 143 Å². The Morgan fingerprint density at radius 1 is 1.32 bits per heavy atom. The van der Waals surface area contributed by atoms with E-state index in [9.17, 15) is 4.79 Å². The summed E-state index contributed by atoms with van der Waals surface area (Å²) in [7, 11) is 0. The first-order valence-corrected chi connectivity index (χ1v) is 8.80. The lowest BCUT2D eigenvalue weighted by molar-refractivity contribution is -0.130. The highest BCUT2D eigenvalue weighted by Gasteiger charge is 2.30. The maximum absolute atomic E-state index is 12.5. The number of carbonyl (C=O) groups excluding carboxylic acids is 1. The Morgan fingerprint density at radius 2 is 2.09 bits per heavy atom. The van der Waals surface area contributed by atoms with Crippen molar-refractivity contribution in [1.82, 2.24) is 4.90 Å². The molecule has 6 heteroatoms. The zero-order valence-electron chi connectivity index (χ0n) is 11.9. The quantitative estimate of drug-likeness (QED) is 0.852. The molecule has 0 spiro atoms. The van der Waals surface area contributed by atoms with Crippen LogP contribution >= 0.6 is 34.5 Å². The second kappa shape index (κ2) is 6.90. The van der Waals surface area contributed by atoms with Gasteiger partial charge in [0.05, 0.1) is 12.6 Å². The number of hydrogen-bond acceptors (Lipinski definition) is 3. The van der Waals surface area contributed by atoms with E-state index in [-0.39, 0.29) is 18.5 Å². The second-order valence-corrected chi connectivity index (χ2v) is 7.12. The lowest BCUT2D eigenvalue weighted by atomic mass is 10.2. The summed E-state index contributed by atoms with van der Waals surface area (Å²) in [6, 6.07) is 9.56. The summed E-state index contributed by atoms with van der Waals surface area (Å²) in [5.41, 5.74) is 0.762. The van der Waals surface area contributed by atoms with Crippen molar-refractivity contribution in [3.05, 3.63) is 50.6 Å². The van der Waals surface area contributed by atoms with Crippen LogP contribution in [0.5, 0.6) is 0 Å². The summed E-state index contributed by atoms with van der Waals surface area (Å²) >= 11 is 13.6. The van der Waals surface area contributed by atoms with Crippen molar-refractivity contribution in [2.75, 3.05) is 18.4 Å². The molecule has 1 saturated heterocycles. The molecular formula is C16H16Cl2N2OS. The van der Waals surface area contributed by atoms with E-state index in [0.717, 1.165) is 25.1 Å². The molecule has 2 aromatic rings. The number of benzene rings is 1. The van der Waals surface area contributed by atoms with Crippen molar-refractivity contribution in [3.8, 4) is 0 Å². The molecule has 1 fully saturated rings. The molecule has 1 amide bonds. The van der Waals surface area contributed by atoms with Gasteiger partial charge in [0.2, 0.25) is 5.91 Å².